The monoisotopic (exact) mass is 378 g/mol. The van der Waals surface area contributed by atoms with E-state index in [0.29, 0.717) is 10.8 Å². The summed E-state index contributed by atoms with van der Waals surface area (Å²) in [6, 6.07) is 7.70. The van der Waals surface area contributed by atoms with Crippen LogP contribution in [0.1, 0.15) is 12.8 Å². The largest absolute Gasteiger partial charge is 0.342 e. The molecule has 1 aliphatic heterocycles. The van der Waals surface area contributed by atoms with Gasteiger partial charge >= 0.3 is 0 Å². The van der Waals surface area contributed by atoms with Crippen molar-refractivity contribution in [2.75, 3.05) is 18.8 Å². The van der Waals surface area contributed by atoms with E-state index in [2.05, 4.69) is 15.6 Å². The molecule has 0 bridgehead atoms. The number of carbonyl (C=O) groups is 1. The topological polar surface area (TPSA) is 50.5 Å². The number of aromatic nitrogens is 3. The Kier molecular flexibility index (Phi) is 4.47. The molecule has 0 radical (unpaired) electrons. The zero-order valence-corrected chi connectivity index (χ0v) is 15.2. The number of likely N-dealkylation sites (tertiary alicyclic amines) is 1. The lowest BCUT2D eigenvalue weighted by molar-refractivity contribution is -0.127. The second kappa shape index (κ2) is 6.74. The molecule has 0 N–H and O–H groups in total. The van der Waals surface area contributed by atoms with Gasteiger partial charge in [0.2, 0.25) is 10.9 Å². The second-order valence-corrected chi connectivity index (χ2v) is 7.82. The smallest absolute Gasteiger partial charge is 0.233 e. The van der Waals surface area contributed by atoms with Crippen molar-refractivity contribution < 1.29 is 4.79 Å². The lowest BCUT2D eigenvalue weighted by Gasteiger charge is -2.14. The molecule has 0 atom stereocenters. The van der Waals surface area contributed by atoms with Crippen molar-refractivity contribution in [2.24, 2.45) is 0 Å². The minimum Gasteiger partial charge on any atom is -0.342 e. The molecule has 24 heavy (non-hydrogen) atoms. The van der Waals surface area contributed by atoms with Gasteiger partial charge in [-0.25, -0.2) is 0 Å². The molecule has 1 aromatic carbocycles. The first-order chi connectivity index (χ1) is 11.7. The normalized spacial score (nSPS) is 14.6. The Balaban J connectivity index is 1.58. The number of nitrogens with zero attached hydrogens (tertiary/aromatic N) is 4. The molecular weight excluding hydrogens is 364 g/mol. The quantitative estimate of drug-likeness (QED) is 0.647. The molecule has 8 heteroatoms. The first kappa shape index (κ1) is 15.9. The average molecular weight is 379 g/mol. The van der Waals surface area contributed by atoms with Gasteiger partial charge in [-0.05, 0) is 30.5 Å². The van der Waals surface area contributed by atoms with Crippen LogP contribution in [0.2, 0.25) is 5.02 Å². The van der Waals surface area contributed by atoms with Crippen LogP contribution in [0.4, 0.5) is 0 Å². The summed E-state index contributed by atoms with van der Waals surface area (Å²) >= 11 is 8.96. The van der Waals surface area contributed by atoms with Crippen molar-refractivity contribution in [2.45, 2.75) is 18.0 Å². The number of carbonyl (C=O) groups excluding carboxylic acids is 1. The predicted molar refractivity (Wildman–Crippen MR) is 97.8 cm³/mol. The third-order valence-corrected chi connectivity index (χ3v) is 6.03. The Hall–Kier alpha value is -1.57. The van der Waals surface area contributed by atoms with Gasteiger partial charge in [0.15, 0.2) is 5.16 Å². The summed E-state index contributed by atoms with van der Waals surface area (Å²) in [4.78, 5) is 15.0. The fourth-order valence-corrected chi connectivity index (χ4v) is 4.66. The lowest BCUT2D eigenvalue weighted by atomic mass is 10.2. The van der Waals surface area contributed by atoms with Gasteiger partial charge in [-0.2, -0.15) is 0 Å². The first-order valence-corrected chi connectivity index (χ1v) is 9.96. The fourth-order valence-electron chi connectivity index (χ4n) is 2.80. The van der Waals surface area contributed by atoms with Crippen LogP contribution in [0, 0.1) is 0 Å². The van der Waals surface area contributed by atoms with Crippen LogP contribution in [0.15, 0.2) is 34.8 Å². The van der Waals surface area contributed by atoms with Crippen molar-refractivity contribution in [1.82, 2.24) is 19.5 Å². The molecule has 3 heterocycles. The minimum absolute atomic E-state index is 0.178. The maximum atomic E-state index is 12.2. The molecule has 3 aromatic rings. The molecular formula is C16H15ClN4OS2. The van der Waals surface area contributed by atoms with Gasteiger partial charge in [0.05, 0.1) is 11.4 Å². The Bertz CT molecular complexity index is 868. The fraction of sp³-hybridized carbons (Fsp3) is 0.312. The maximum Gasteiger partial charge on any atom is 0.233 e. The third-order valence-electron chi connectivity index (χ3n) is 4.04. The number of thioether (sulfide) groups is 1. The van der Waals surface area contributed by atoms with E-state index in [4.69, 9.17) is 11.6 Å². The number of amides is 1. The van der Waals surface area contributed by atoms with Crippen molar-refractivity contribution in [3.05, 3.63) is 34.7 Å². The summed E-state index contributed by atoms with van der Waals surface area (Å²) < 4.78 is 2.01. The molecule has 124 valence electrons. The maximum absolute atomic E-state index is 12.2. The van der Waals surface area contributed by atoms with Gasteiger partial charge in [-0.1, -0.05) is 35.5 Å². The van der Waals surface area contributed by atoms with E-state index >= 15 is 0 Å². The number of fused-ring (bicyclic) bond motifs is 1. The van der Waals surface area contributed by atoms with Gasteiger partial charge < -0.3 is 4.90 Å². The molecule has 1 amide bonds. The van der Waals surface area contributed by atoms with Gasteiger partial charge in [-0.3, -0.25) is 9.20 Å². The zero-order chi connectivity index (χ0) is 16.5. The van der Waals surface area contributed by atoms with Gasteiger partial charge in [0.25, 0.3) is 0 Å². The molecule has 0 spiro atoms. The molecule has 0 aliphatic carbocycles. The van der Waals surface area contributed by atoms with Crippen LogP contribution < -0.4 is 0 Å². The summed E-state index contributed by atoms with van der Waals surface area (Å²) in [5.74, 6) is 0.578. The van der Waals surface area contributed by atoms with Gasteiger partial charge in [0, 0.05) is 23.5 Å². The highest BCUT2D eigenvalue weighted by Crippen LogP contribution is 2.30. The van der Waals surface area contributed by atoms with Crippen LogP contribution in [0.25, 0.3) is 16.2 Å². The Labute approximate surface area is 152 Å². The van der Waals surface area contributed by atoms with Gasteiger partial charge in [-0.15, -0.1) is 21.5 Å². The van der Waals surface area contributed by atoms with E-state index in [9.17, 15) is 4.79 Å². The van der Waals surface area contributed by atoms with Crippen LogP contribution in [0.5, 0.6) is 0 Å². The Morgan fingerprint density at radius 3 is 2.71 bits per heavy atom. The summed E-state index contributed by atoms with van der Waals surface area (Å²) in [6.07, 6.45) is 2.22. The van der Waals surface area contributed by atoms with Crippen LogP contribution in [-0.2, 0) is 4.79 Å². The number of hydrogen-bond donors (Lipinski definition) is 0. The highest BCUT2D eigenvalue weighted by Gasteiger charge is 2.20. The third kappa shape index (κ3) is 3.03. The number of rotatable bonds is 4. The highest BCUT2D eigenvalue weighted by atomic mass is 35.5. The molecule has 0 saturated carbocycles. The molecule has 1 aliphatic rings. The van der Waals surface area contributed by atoms with Crippen molar-refractivity contribution in [1.29, 1.82) is 0 Å². The van der Waals surface area contributed by atoms with E-state index in [1.807, 2.05) is 33.6 Å². The number of halogens is 1. The number of benzene rings is 1. The molecule has 4 rings (SSSR count). The van der Waals surface area contributed by atoms with E-state index in [0.717, 1.165) is 47.3 Å². The second-order valence-electron chi connectivity index (χ2n) is 5.60. The summed E-state index contributed by atoms with van der Waals surface area (Å²) in [5.41, 5.74) is 2.07. The predicted octanol–water partition coefficient (Wildman–Crippen LogP) is 3.83. The molecule has 5 nitrogen and oxygen atoms in total. The SMILES string of the molecule is O=C(CSc1nnc2scc(-c3ccc(Cl)cc3)n12)N1CCCC1. The zero-order valence-electron chi connectivity index (χ0n) is 12.8. The molecule has 2 aromatic heterocycles. The van der Waals surface area contributed by atoms with E-state index < -0.39 is 0 Å². The lowest BCUT2D eigenvalue weighted by Crippen LogP contribution is -2.29. The summed E-state index contributed by atoms with van der Waals surface area (Å²) in [6.45, 7) is 1.76. The average Bonchev–Trinajstić information content (AvgIpc) is 3.31. The molecule has 1 saturated heterocycles. The molecule has 1 fully saturated rings. The van der Waals surface area contributed by atoms with E-state index in [1.165, 1.54) is 11.8 Å². The highest BCUT2D eigenvalue weighted by molar-refractivity contribution is 7.99. The summed E-state index contributed by atoms with van der Waals surface area (Å²) in [5, 5.41) is 12.0. The minimum atomic E-state index is 0.178. The molecule has 0 unspecified atom stereocenters. The van der Waals surface area contributed by atoms with E-state index in [1.54, 1.807) is 11.3 Å². The Morgan fingerprint density at radius 1 is 1.21 bits per heavy atom. The van der Waals surface area contributed by atoms with E-state index in [-0.39, 0.29) is 5.91 Å². The van der Waals surface area contributed by atoms with Gasteiger partial charge in [0.1, 0.15) is 0 Å². The van der Waals surface area contributed by atoms with Crippen molar-refractivity contribution in [3.63, 3.8) is 0 Å². The van der Waals surface area contributed by atoms with Crippen LogP contribution >= 0.6 is 34.7 Å². The van der Waals surface area contributed by atoms with Crippen molar-refractivity contribution >= 4 is 45.6 Å². The van der Waals surface area contributed by atoms with Crippen LogP contribution in [-0.4, -0.2) is 44.2 Å². The standard InChI is InChI=1S/C16H15ClN4OS2/c17-12-5-3-11(4-6-12)13-9-23-15-18-19-16(21(13)15)24-10-14(22)20-7-1-2-8-20/h3-6,9H,1-2,7-8,10H2. The number of hydrogen-bond acceptors (Lipinski definition) is 5. The number of thiazole rings is 1. The van der Waals surface area contributed by atoms with Crippen LogP contribution in [0.3, 0.4) is 0 Å². The summed E-state index contributed by atoms with van der Waals surface area (Å²) in [7, 11) is 0. The van der Waals surface area contributed by atoms with Crippen molar-refractivity contribution in [3.8, 4) is 11.3 Å². The Morgan fingerprint density at radius 2 is 1.96 bits per heavy atom. The first-order valence-electron chi connectivity index (χ1n) is 7.71.